The monoisotopic (exact) mass is 268 g/mol. The van der Waals surface area contributed by atoms with E-state index in [-0.39, 0.29) is 12.0 Å². The van der Waals surface area contributed by atoms with Gasteiger partial charge in [0.05, 0.1) is 6.10 Å². The second-order valence-electron chi connectivity index (χ2n) is 6.13. The fraction of sp³-hybridized carbons (Fsp3) is 0.933. The van der Waals surface area contributed by atoms with Gasteiger partial charge in [-0.25, -0.2) is 0 Å². The lowest BCUT2D eigenvalue weighted by Gasteiger charge is -2.32. The lowest BCUT2D eigenvalue weighted by molar-refractivity contribution is -0.137. The van der Waals surface area contributed by atoms with Crippen LogP contribution in [0.4, 0.5) is 0 Å². The Hall–Kier alpha value is -0.610. The van der Waals surface area contributed by atoms with Crippen LogP contribution >= 0.6 is 0 Å². The van der Waals surface area contributed by atoms with E-state index in [2.05, 4.69) is 6.92 Å². The average Bonchev–Trinajstić information content (AvgIpc) is 2.63. The van der Waals surface area contributed by atoms with E-state index in [1.165, 1.54) is 12.8 Å². The zero-order valence-electron chi connectivity index (χ0n) is 12.1. The second-order valence-corrected chi connectivity index (χ2v) is 6.13. The molecular formula is C15H28N2O2. The van der Waals surface area contributed by atoms with E-state index in [1.54, 1.807) is 0 Å². The van der Waals surface area contributed by atoms with Crippen LogP contribution < -0.4 is 5.73 Å². The molecule has 19 heavy (non-hydrogen) atoms. The van der Waals surface area contributed by atoms with Crippen LogP contribution in [0.1, 0.15) is 45.4 Å². The van der Waals surface area contributed by atoms with E-state index in [0.717, 1.165) is 51.9 Å². The number of nitrogens with zero attached hydrogens (tertiary/aromatic N) is 1. The van der Waals surface area contributed by atoms with Crippen molar-refractivity contribution >= 4 is 5.91 Å². The fourth-order valence-corrected chi connectivity index (χ4v) is 3.47. The van der Waals surface area contributed by atoms with Crippen LogP contribution in [0, 0.1) is 11.8 Å². The number of ether oxygens (including phenoxy) is 1. The molecule has 4 nitrogen and oxygen atoms in total. The van der Waals surface area contributed by atoms with Gasteiger partial charge in [-0.1, -0.05) is 12.8 Å². The molecule has 1 saturated carbocycles. The predicted molar refractivity (Wildman–Crippen MR) is 75.7 cm³/mol. The summed E-state index contributed by atoms with van der Waals surface area (Å²) in [6, 6.07) is 0. The summed E-state index contributed by atoms with van der Waals surface area (Å²) in [5.41, 5.74) is 5.65. The first-order valence-electron chi connectivity index (χ1n) is 7.81. The number of nitrogens with two attached hydrogens (primary N) is 1. The molecule has 1 heterocycles. The minimum atomic E-state index is 0.176. The third-order valence-corrected chi connectivity index (χ3v) is 4.47. The topological polar surface area (TPSA) is 55.6 Å². The molecule has 1 amide bonds. The zero-order chi connectivity index (χ0) is 13.7. The van der Waals surface area contributed by atoms with E-state index >= 15 is 0 Å². The molecule has 3 unspecified atom stereocenters. The van der Waals surface area contributed by atoms with Crippen molar-refractivity contribution in [3.63, 3.8) is 0 Å². The fourth-order valence-electron chi connectivity index (χ4n) is 3.47. The Morgan fingerprint density at radius 3 is 3.00 bits per heavy atom. The summed E-state index contributed by atoms with van der Waals surface area (Å²) in [5.74, 6) is 1.25. The molecule has 2 N–H and O–H groups in total. The molecule has 0 aromatic rings. The minimum absolute atomic E-state index is 0.176. The Labute approximate surface area is 116 Å². The van der Waals surface area contributed by atoms with E-state index in [9.17, 15) is 4.79 Å². The highest BCUT2D eigenvalue weighted by Gasteiger charge is 2.31. The summed E-state index contributed by atoms with van der Waals surface area (Å²) in [5, 5.41) is 0. The van der Waals surface area contributed by atoms with Crippen molar-refractivity contribution in [1.29, 1.82) is 0 Å². The highest BCUT2D eigenvalue weighted by molar-refractivity contribution is 5.79. The summed E-state index contributed by atoms with van der Waals surface area (Å²) in [4.78, 5) is 14.7. The third kappa shape index (κ3) is 4.18. The lowest BCUT2D eigenvalue weighted by Crippen LogP contribution is -2.41. The maximum atomic E-state index is 12.6. The second kappa shape index (κ2) is 7.25. The summed E-state index contributed by atoms with van der Waals surface area (Å²) in [6.07, 6.45) is 6.75. The van der Waals surface area contributed by atoms with Gasteiger partial charge in [0.1, 0.15) is 0 Å². The molecule has 3 atom stereocenters. The van der Waals surface area contributed by atoms with Gasteiger partial charge in [0.25, 0.3) is 0 Å². The first kappa shape index (κ1) is 14.8. The van der Waals surface area contributed by atoms with E-state index in [4.69, 9.17) is 10.5 Å². The Bertz CT molecular complexity index is 294. The van der Waals surface area contributed by atoms with Gasteiger partial charge < -0.3 is 15.4 Å². The Balaban J connectivity index is 1.90. The predicted octanol–water partition coefficient (Wildman–Crippen LogP) is 1.78. The SMILES string of the molecule is CC1CN(C(=O)C2CCCC(CCN)C2)CCCO1. The minimum Gasteiger partial charge on any atom is -0.377 e. The number of hydrogen-bond donors (Lipinski definition) is 1. The summed E-state index contributed by atoms with van der Waals surface area (Å²) in [7, 11) is 0. The molecule has 0 aromatic carbocycles. The number of carbonyl (C=O) groups is 1. The maximum absolute atomic E-state index is 12.6. The summed E-state index contributed by atoms with van der Waals surface area (Å²) < 4.78 is 5.62. The van der Waals surface area contributed by atoms with Gasteiger partial charge in [-0.2, -0.15) is 0 Å². The largest absolute Gasteiger partial charge is 0.377 e. The van der Waals surface area contributed by atoms with Gasteiger partial charge in [0.2, 0.25) is 5.91 Å². The smallest absolute Gasteiger partial charge is 0.225 e. The van der Waals surface area contributed by atoms with Crippen LogP contribution in [0.5, 0.6) is 0 Å². The molecule has 1 aliphatic carbocycles. The van der Waals surface area contributed by atoms with Crippen molar-refractivity contribution in [2.24, 2.45) is 17.6 Å². The molecule has 110 valence electrons. The van der Waals surface area contributed by atoms with Gasteiger partial charge in [0.15, 0.2) is 0 Å². The summed E-state index contributed by atoms with van der Waals surface area (Å²) in [6.45, 7) is 5.22. The van der Waals surface area contributed by atoms with Crippen LogP contribution in [0.15, 0.2) is 0 Å². The molecule has 2 rings (SSSR count). The number of rotatable bonds is 3. The Morgan fingerprint density at radius 1 is 1.37 bits per heavy atom. The number of amides is 1. The standard InChI is InChI=1S/C15H28N2O2/c1-12-11-17(8-3-9-19-12)15(18)14-5-2-4-13(10-14)6-7-16/h12-14H,2-11,16H2,1H3. The van der Waals surface area contributed by atoms with Crippen LogP contribution in [-0.4, -0.2) is 43.2 Å². The highest BCUT2D eigenvalue weighted by atomic mass is 16.5. The van der Waals surface area contributed by atoms with Crippen LogP contribution in [-0.2, 0) is 9.53 Å². The van der Waals surface area contributed by atoms with Gasteiger partial charge in [-0.3, -0.25) is 4.79 Å². The van der Waals surface area contributed by atoms with Crippen molar-refractivity contribution in [3.8, 4) is 0 Å². The molecule has 0 aromatic heterocycles. The molecule has 1 saturated heterocycles. The molecule has 4 heteroatoms. The average molecular weight is 268 g/mol. The Kier molecular flexibility index (Phi) is 5.64. The quantitative estimate of drug-likeness (QED) is 0.849. The third-order valence-electron chi connectivity index (χ3n) is 4.47. The lowest BCUT2D eigenvalue weighted by atomic mass is 9.79. The van der Waals surface area contributed by atoms with E-state index < -0.39 is 0 Å². The highest BCUT2D eigenvalue weighted by Crippen LogP contribution is 2.32. The first-order valence-corrected chi connectivity index (χ1v) is 7.81. The van der Waals surface area contributed by atoms with Gasteiger partial charge in [-0.05, 0) is 45.1 Å². The zero-order valence-corrected chi connectivity index (χ0v) is 12.1. The van der Waals surface area contributed by atoms with Crippen molar-refractivity contribution in [1.82, 2.24) is 4.90 Å². The molecule has 1 aliphatic heterocycles. The van der Waals surface area contributed by atoms with Gasteiger partial charge in [0, 0.05) is 25.6 Å². The molecule has 2 fully saturated rings. The van der Waals surface area contributed by atoms with Gasteiger partial charge >= 0.3 is 0 Å². The molecule has 0 spiro atoms. The molecule has 0 bridgehead atoms. The van der Waals surface area contributed by atoms with Gasteiger partial charge in [-0.15, -0.1) is 0 Å². The molecule has 0 radical (unpaired) electrons. The molecular weight excluding hydrogens is 240 g/mol. The first-order chi connectivity index (χ1) is 9.20. The maximum Gasteiger partial charge on any atom is 0.225 e. The summed E-state index contributed by atoms with van der Waals surface area (Å²) >= 11 is 0. The van der Waals surface area contributed by atoms with Crippen LogP contribution in [0.2, 0.25) is 0 Å². The van der Waals surface area contributed by atoms with Crippen LogP contribution in [0.25, 0.3) is 0 Å². The van der Waals surface area contributed by atoms with Crippen molar-refractivity contribution in [2.75, 3.05) is 26.2 Å². The number of carbonyl (C=O) groups excluding carboxylic acids is 1. The van der Waals surface area contributed by atoms with Crippen molar-refractivity contribution in [2.45, 2.75) is 51.6 Å². The van der Waals surface area contributed by atoms with Crippen LogP contribution in [0.3, 0.4) is 0 Å². The Morgan fingerprint density at radius 2 is 2.21 bits per heavy atom. The van der Waals surface area contributed by atoms with Crippen molar-refractivity contribution in [3.05, 3.63) is 0 Å². The van der Waals surface area contributed by atoms with E-state index in [1.807, 2.05) is 4.90 Å². The molecule has 2 aliphatic rings. The van der Waals surface area contributed by atoms with Crippen molar-refractivity contribution < 1.29 is 9.53 Å². The number of hydrogen-bond acceptors (Lipinski definition) is 3. The normalized spacial score (nSPS) is 32.9. The van der Waals surface area contributed by atoms with E-state index in [0.29, 0.717) is 11.8 Å².